The van der Waals surface area contributed by atoms with Crippen molar-refractivity contribution in [3.63, 3.8) is 0 Å². The molecule has 0 radical (unpaired) electrons. The van der Waals surface area contributed by atoms with Crippen LogP contribution in [0, 0.1) is 0 Å². The summed E-state index contributed by atoms with van der Waals surface area (Å²) in [6.45, 7) is 0. The zero-order valence-corrected chi connectivity index (χ0v) is 15.6. The quantitative estimate of drug-likeness (QED) is 0.507. The molecule has 4 rings (SSSR count). The smallest absolute Gasteiger partial charge is 0.230 e. The van der Waals surface area contributed by atoms with Crippen molar-refractivity contribution >= 4 is 10.9 Å². The number of hydrogen-bond donors (Lipinski definition) is 0. The van der Waals surface area contributed by atoms with Crippen molar-refractivity contribution in [1.82, 2.24) is 19.5 Å². The van der Waals surface area contributed by atoms with Gasteiger partial charge in [0.2, 0.25) is 5.88 Å². The van der Waals surface area contributed by atoms with E-state index >= 15 is 0 Å². The average Bonchev–Trinajstić information content (AvgIpc) is 3.27. The highest BCUT2D eigenvalue weighted by Crippen LogP contribution is 2.36. The predicted octanol–water partition coefficient (Wildman–Crippen LogP) is 3.63. The van der Waals surface area contributed by atoms with E-state index in [4.69, 9.17) is 18.9 Å². The van der Waals surface area contributed by atoms with Gasteiger partial charge in [0.25, 0.3) is 0 Å². The third kappa shape index (κ3) is 3.27. The normalized spacial score (nSPS) is 10.7. The maximum Gasteiger partial charge on any atom is 0.230 e. The van der Waals surface area contributed by atoms with Gasteiger partial charge in [0.15, 0.2) is 11.5 Å². The predicted molar refractivity (Wildman–Crippen MR) is 103 cm³/mol. The second-order valence-corrected chi connectivity index (χ2v) is 5.84. The maximum absolute atomic E-state index is 6.08. The molecule has 0 saturated carbocycles. The van der Waals surface area contributed by atoms with E-state index in [1.165, 1.54) is 6.33 Å². The Balaban J connectivity index is 1.79. The number of rotatable bonds is 6. The maximum atomic E-state index is 6.08. The molecule has 0 unspecified atom stereocenters. The molecule has 0 bridgehead atoms. The van der Waals surface area contributed by atoms with E-state index in [1.807, 2.05) is 22.9 Å². The van der Waals surface area contributed by atoms with Crippen molar-refractivity contribution in [2.45, 2.75) is 0 Å². The van der Waals surface area contributed by atoms with Crippen LogP contribution in [0.2, 0.25) is 0 Å². The number of fused-ring (bicyclic) bond motifs is 1. The lowest BCUT2D eigenvalue weighted by molar-refractivity contribution is 0.355. The monoisotopic (exact) mass is 378 g/mol. The van der Waals surface area contributed by atoms with E-state index in [0.717, 1.165) is 5.69 Å². The molecule has 0 atom stereocenters. The van der Waals surface area contributed by atoms with E-state index in [1.54, 1.807) is 52.1 Å². The molecule has 4 aromatic rings. The Hall–Kier alpha value is -3.81. The molecular formula is C20H18N4O4. The summed E-state index contributed by atoms with van der Waals surface area (Å²) in [5.74, 6) is 2.77. The van der Waals surface area contributed by atoms with Crippen LogP contribution in [0.15, 0.2) is 55.4 Å². The molecule has 0 saturated heterocycles. The number of methoxy groups -OCH3 is 3. The van der Waals surface area contributed by atoms with Crippen LogP contribution in [0.5, 0.6) is 28.9 Å². The number of nitrogens with zero attached hydrogens (tertiary/aromatic N) is 4. The first kappa shape index (κ1) is 17.6. The second-order valence-electron chi connectivity index (χ2n) is 5.84. The molecule has 2 heterocycles. The van der Waals surface area contributed by atoms with Crippen molar-refractivity contribution in [3.8, 4) is 34.6 Å². The molecule has 0 aliphatic heterocycles. The number of hydrogen-bond acceptors (Lipinski definition) is 7. The van der Waals surface area contributed by atoms with Crippen LogP contribution >= 0.6 is 0 Å². The first-order chi connectivity index (χ1) is 13.7. The summed E-state index contributed by atoms with van der Waals surface area (Å²) in [5, 5.41) is 0.701. The standard InChI is InChI=1S/C20H18N4O4/c1-25-14-6-13(24-5-4-21-12-24)7-15(8-14)28-20-16-9-18(26-2)19(27-3)10-17(16)22-11-23-20/h4-12H,1-3H3. The summed E-state index contributed by atoms with van der Waals surface area (Å²) in [5.41, 5.74) is 1.53. The summed E-state index contributed by atoms with van der Waals surface area (Å²) >= 11 is 0. The van der Waals surface area contributed by atoms with Gasteiger partial charge in [-0.2, -0.15) is 0 Å². The molecule has 0 amide bonds. The summed E-state index contributed by atoms with van der Waals surface area (Å²) in [4.78, 5) is 12.7. The van der Waals surface area contributed by atoms with Crippen LogP contribution in [0.4, 0.5) is 0 Å². The molecule has 0 N–H and O–H groups in total. The van der Waals surface area contributed by atoms with E-state index < -0.39 is 0 Å². The van der Waals surface area contributed by atoms with Gasteiger partial charge >= 0.3 is 0 Å². The van der Waals surface area contributed by atoms with Crippen molar-refractivity contribution in [3.05, 3.63) is 55.4 Å². The molecule has 2 aromatic carbocycles. The van der Waals surface area contributed by atoms with Crippen LogP contribution < -0.4 is 18.9 Å². The highest BCUT2D eigenvalue weighted by molar-refractivity contribution is 5.87. The van der Waals surface area contributed by atoms with Crippen LogP contribution in [-0.4, -0.2) is 40.8 Å². The van der Waals surface area contributed by atoms with Gasteiger partial charge < -0.3 is 23.5 Å². The van der Waals surface area contributed by atoms with Gasteiger partial charge in [-0.15, -0.1) is 0 Å². The fourth-order valence-corrected chi connectivity index (χ4v) is 2.85. The van der Waals surface area contributed by atoms with Crippen LogP contribution in [-0.2, 0) is 0 Å². The van der Waals surface area contributed by atoms with Gasteiger partial charge in [-0.25, -0.2) is 15.0 Å². The first-order valence-corrected chi connectivity index (χ1v) is 8.44. The van der Waals surface area contributed by atoms with Gasteiger partial charge in [-0.05, 0) is 6.07 Å². The highest BCUT2D eigenvalue weighted by Gasteiger charge is 2.13. The zero-order valence-electron chi connectivity index (χ0n) is 15.6. The van der Waals surface area contributed by atoms with Gasteiger partial charge in [0.05, 0.1) is 44.2 Å². The zero-order chi connectivity index (χ0) is 19.5. The second kappa shape index (κ2) is 7.43. The van der Waals surface area contributed by atoms with Crippen LogP contribution in [0.3, 0.4) is 0 Å². The van der Waals surface area contributed by atoms with Gasteiger partial charge in [-0.1, -0.05) is 0 Å². The van der Waals surface area contributed by atoms with Gasteiger partial charge in [-0.3, -0.25) is 0 Å². The van der Waals surface area contributed by atoms with Crippen molar-refractivity contribution < 1.29 is 18.9 Å². The Morgan fingerprint density at radius 3 is 2.32 bits per heavy atom. The minimum absolute atomic E-state index is 0.399. The fourth-order valence-electron chi connectivity index (χ4n) is 2.85. The van der Waals surface area contributed by atoms with Gasteiger partial charge in [0, 0.05) is 36.7 Å². The Bertz CT molecular complexity index is 1110. The van der Waals surface area contributed by atoms with E-state index in [2.05, 4.69) is 15.0 Å². The molecule has 0 aliphatic carbocycles. The molecular weight excluding hydrogens is 360 g/mol. The number of ether oxygens (including phenoxy) is 4. The van der Waals surface area contributed by atoms with Crippen LogP contribution in [0.25, 0.3) is 16.6 Å². The topological polar surface area (TPSA) is 80.5 Å². The fraction of sp³-hybridized carbons (Fsp3) is 0.150. The Morgan fingerprint density at radius 1 is 0.821 bits per heavy atom. The van der Waals surface area contributed by atoms with E-state index in [0.29, 0.717) is 39.8 Å². The molecule has 8 heteroatoms. The summed E-state index contributed by atoms with van der Waals surface area (Å²) < 4.78 is 24.1. The molecule has 2 aromatic heterocycles. The van der Waals surface area contributed by atoms with Crippen molar-refractivity contribution in [2.75, 3.05) is 21.3 Å². The van der Waals surface area contributed by atoms with Crippen LogP contribution in [0.1, 0.15) is 0 Å². The lowest BCUT2D eigenvalue weighted by Gasteiger charge is -2.13. The minimum Gasteiger partial charge on any atom is -0.497 e. The van der Waals surface area contributed by atoms with Crippen molar-refractivity contribution in [1.29, 1.82) is 0 Å². The number of imidazole rings is 1. The highest BCUT2D eigenvalue weighted by atomic mass is 16.5. The number of benzene rings is 2. The summed E-state index contributed by atoms with van der Waals surface area (Å²) in [6.07, 6.45) is 6.70. The largest absolute Gasteiger partial charge is 0.497 e. The number of aromatic nitrogens is 4. The lowest BCUT2D eigenvalue weighted by atomic mass is 10.2. The van der Waals surface area contributed by atoms with E-state index in [9.17, 15) is 0 Å². The minimum atomic E-state index is 0.399. The summed E-state index contributed by atoms with van der Waals surface area (Å²) in [7, 11) is 4.76. The average molecular weight is 378 g/mol. The van der Waals surface area contributed by atoms with Crippen molar-refractivity contribution in [2.24, 2.45) is 0 Å². The molecule has 0 aliphatic rings. The Morgan fingerprint density at radius 2 is 1.61 bits per heavy atom. The summed E-state index contributed by atoms with van der Waals surface area (Å²) in [6, 6.07) is 9.13. The van der Waals surface area contributed by atoms with Gasteiger partial charge in [0.1, 0.15) is 17.8 Å². The molecule has 142 valence electrons. The SMILES string of the molecule is COc1cc(Oc2ncnc3cc(OC)c(OC)cc23)cc(-n2ccnc2)c1. The Kier molecular flexibility index (Phi) is 4.67. The molecule has 8 nitrogen and oxygen atoms in total. The molecule has 28 heavy (non-hydrogen) atoms. The lowest BCUT2D eigenvalue weighted by Crippen LogP contribution is -1.97. The third-order valence-electron chi connectivity index (χ3n) is 4.22. The molecule has 0 spiro atoms. The Labute approximate surface area is 161 Å². The molecule has 0 fully saturated rings. The van der Waals surface area contributed by atoms with E-state index in [-0.39, 0.29) is 0 Å². The first-order valence-electron chi connectivity index (χ1n) is 8.44. The third-order valence-corrected chi connectivity index (χ3v) is 4.22.